The van der Waals surface area contributed by atoms with Gasteiger partial charge in [0.05, 0.1) is 10.6 Å². The molecule has 120 valence electrons. The highest BCUT2D eigenvalue weighted by molar-refractivity contribution is 6.35. The Balaban J connectivity index is 2.17. The molecule has 1 aliphatic heterocycles. The molecule has 1 fully saturated rings. The summed E-state index contributed by atoms with van der Waals surface area (Å²) in [7, 11) is 0. The fraction of sp³-hybridized carbons (Fsp3) is 0.500. The van der Waals surface area contributed by atoms with Crippen LogP contribution in [0.1, 0.15) is 43.5 Å². The van der Waals surface area contributed by atoms with Crippen LogP contribution in [0.2, 0.25) is 10.0 Å². The Labute approximate surface area is 140 Å². The molecular weight excluding hydrogens is 323 g/mol. The fourth-order valence-electron chi connectivity index (χ4n) is 2.54. The van der Waals surface area contributed by atoms with Crippen LogP contribution in [0, 0.1) is 0 Å². The van der Waals surface area contributed by atoms with Crippen molar-refractivity contribution in [3.63, 3.8) is 0 Å². The molecule has 0 spiro atoms. The summed E-state index contributed by atoms with van der Waals surface area (Å²) in [6.45, 7) is 4.52. The van der Waals surface area contributed by atoms with E-state index in [0.717, 1.165) is 12.8 Å². The molecule has 4 nitrogen and oxygen atoms in total. The summed E-state index contributed by atoms with van der Waals surface area (Å²) in [6.07, 6.45) is 2.33. The number of amides is 2. The summed E-state index contributed by atoms with van der Waals surface area (Å²) in [5.41, 5.74) is 0.345. The summed E-state index contributed by atoms with van der Waals surface area (Å²) in [5, 5.41) is 3.74. The van der Waals surface area contributed by atoms with Gasteiger partial charge < -0.3 is 10.2 Å². The Bertz CT molecular complexity index is 577. The first-order chi connectivity index (χ1) is 10.4. The van der Waals surface area contributed by atoms with Crippen molar-refractivity contribution < 1.29 is 9.59 Å². The average molecular weight is 343 g/mol. The molecule has 1 heterocycles. The third-order valence-corrected chi connectivity index (χ3v) is 4.54. The highest BCUT2D eigenvalue weighted by atomic mass is 35.5. The SMILES string of the molecule is CC[C@@H](C)NC(=O)[C@H]1CCCN1C(=O)c1cc(Cl)ccc1Cl. The number of hydrogen-bond acceptors (Lipinski definition) is 2. The number of nitrogens with one attached hydrogen (secondary N) is 1. The molecule has 2 amide bonds. The van der Waals surface area contributed by atoms with Gasteiger partial charge in [0.15, 0.2) is 0 Å². The van der Waals surface area contributed by atoms with E-state index in [0.29, 0.717) is 28.6 Å². The number of halogens is 2. The predicted molar refractivity (Wildman–Crippen MR) is 88.4 cm³/mol. The van der Waals surface area contributed by atoms with Crippen molar-refractivity contribution in [2.75, 3.05) is 6.54 Å². The Kier molecular flexibility index (Phi) is 5.70. The van der Waals surface area contributed by atoms with E-state index in [-0.39, 0.29) is 17.9 Å². The normalized spacial score (nSPS) is 19.1. The zero-order valence-corrected chi connectivity index (χ0v) is 14.2. The topological polar surface area (TPSA) is 49.4 Å². The van der Waals surface area contributed by atoms with Crippen molar-refractivity contribution in [3.8, 4) is 0 Å². The van der Waals surface area contributed by atoms with Crippen molar-refractivity contribution in [1.29, 1.82) is 0 Å². The largest absolute Gasteiger partial charge is 0.352 e. The van der Waals surface area contributed by atoms with E-state index in [9.17, 15) is 9.59 Å². The van der Waals surface area contributed by atoms with Crippen molar-refractivity contribution in [2.24, 2.45) is 0 Å². The lowest BCUT2D eigenvalue weighted by Crippen LogP contribution is -2.48. The van der Waals surface area contributed by atoms with Gasteiger partial charge in [-0.1, -0.05) is 30.1 Å². The lowest BCUT2D eigenvalue weighted by molar-refractivity contribution is -0.125. The van der Waals surface area contributed by atoms with Crippen LogP contribution in [-0.2, 0) is 4.79 Å². The maximum absolute atomic E-state index is 12.7. The zero-order chi connectivity index (χ0) is 16.3. The van der Waals surface area contributed by atoms with E-state index >= 15 is 0 Å². The van der Waals surface area contributed by atoms with Gasteiger partial charge in [-0.15, -0.1) is 0 Å². The number of carbonyl (C=O) groups excluding carboxylic acids is 2. The van der Waals surface area contributed by atoms with Gasteiger partial charge in [-0.3, -0.25) is 9.59 Å². The molecule has 1 aromatic rings. The minimum atomic E-state index is -0.434. The number of carbonyl (C=O) groups is 2. The first kappa shape index (κ1) is 17.1. The quantitative estimate of drug-likeness (QED) is 0.909. The number of rotatable bonds is 4. The molecule has 6 heteroatoms. The minimum Gasteiger partial charge on any atom is -0.352 e. The van der Waals surface area contributed by atoms with Crippen LogP contribution < -0.4 is 5.32 Å². The monoisotopic (exact) mass is 342 g/mol. The molecule has 0 unspecified atom stereocenters. The zero-order valence-electron chi connectivity index (χ0n) is 12.7. The van der Waals surface area contributed by atoms with Crippen LogP contribution in [0.5, 0.6) is 0 Å². The second-order valence-electron chi connectivity index (χ2n) is 5.60. The molecule has 0 radical (unpaired) electrons. The molecule has 0 aromatic heterocycles. The lowest BCUT2D eigenvalue weighted by Gasteiger charge is -2.25. The number of likely N-dealkylation sites (tertiary alicyclic amines) is 1. The predicted octanol–water partition coefficient (Wildman–Crippen LogP) is 3.51. The third kappa shape index (κ3) is 3.73. The van der Waals surface area contributed by atoms with Gasteiger partial charge in [0.1, 0.15) is 6.04 Å². The van der Waals surface area contributed by atoms with E-state index in [4.69, 9.17) is 23.2 Å². The van der Waals surface area contributed by atoms with E-state index in [1.54, 1.807) is 23.1 Å². The first-order valence-corrected chi connectivity index (χ1v) is 8.26. The van der Waals surface area contributed by atoms with E-state index < -0.39 is 6.04 Å². The summed E-state index contributed by atoms with van der Waals surface area (Å²) >= 11 is 12.0. The van der Waals surface area contributed by atoms with Crippen molar-refractivity contribution in [1.82, 2.24) is 10.2 Å². The molecule has 22 heavy (non-hydrogen) atoms. The smallest absolute Gasteiger partial charge is 0.256 e. The molecule has 0 aliphatic carbocycles. The van der Waals surface area contributed by atoms with Gasteiger partial charge in [0, 0.05) is 17.6 Å². The molecule has 2 rings (SSSR count). The standard InChI is InChI=1S/C16H20Cl2N2O2/c1-3-10(2)19-15(21)14-5-4-8-20(14)16(22)12-9-11(17)6-7-13(12)18/h6-7,9-10,14H,3-5,8H2,1-2H3,(H,19,21)/t10-,14-/m1/s1. The van der Waals surface area contributed by atoms with Gasteiger partial charge in [0.25, 0.3) is 5.91 Å². The van der Waals surface area contributed by atoms with E-state index in [2.05, 4.69) is 5.32 Å². The van der Waals surface area contributed by atoms with Gasteiger partial charge in [0.2, 0.25) is 5.91 Å². The number of hydrogen-bond donors (Lipinski definition) is 1. The van der Waals surface area contributed by atoms with Gasteiger partial charge in [-0.05, 0) is 44.4 Å². The van der Waals surface area contributed by atoms with Crippen molar-refractivity contribution in [3.05, 3.63) is 33.8 Å². The highest BCUT2D eigenvalue weighted by Crippen LogP contribution is 2.26. The molecule has 1 N–H and O–H groups in total. The maximum Gasteiger partial charge on any atom is 0.256 e. The van der Waals surface area contributed by atoms with Crippen LogP contribution in [0.3, 0.4) is 0 Å². The maximum atomic E-state index is 12.7. The van der Waals surface area contributed by atoms with E-state index in [1.807, 2.05) is 13.8 Å². The minimum absolute atomic E-state index is 0.0970. The van der Waals surface area contributed by atoms with Crippen LogP contribution in [0.4, 0.5) is 0 Å². The Hall–Kier alpha value is -1.26. The summed E-state index contributed by atoms with van der Waals surface area (Å²) in [5.74, 6) is -0.340. The molecule has 2 atom stereocenters. The van der Waals surface area contributed by atoms with Gasteiger partial charge in [-0.2, -0.15) is 0 Å². The molecule has 0 saturated carbocycles. The average Bonchev–Trinajstić information content (AvgIpc) is 2.98. The second-order valence-corrected chi connectivity index (χ2v) is 6.44. The molecule has 1 aliphatic rings. The van der Waals surface area contributed by atoms with Crippen LogP contribution >= 0.6 is 23.2 Å². The van der Waals surface area contributed by atoms with Crippen LogP contribution in [0.25, 0.3) is 0 Å². The summed E-state index contributed by atoms with van der Waals surface area (Å²) in [4.78, 5) is 26.6. The van der Waals surface area contributed by atoms with Gasteiger partial charge in [-0.25, -0.2) is 0 Å². The Morgan fingerprint density at radius 1 is 1.41 bits per heavy atom. The van der Waals surface area contributed by atoms with E-state index in [1.165, 1.54) is 0 Å². The Morgan fingerprint density at radius 3 is 2.82 bits per heavy atom. The molecule has 1 saturated heterocycles. The van der Waals surface area contributed by atoms with Crippen molar-refractivity contribution >= 4 is 35.0 Å². The number of nitrogens with zero attached hydrogens (tertiary/aromatic N) is 1. The lowest BCUT2D eigenvalue weighted by atomic mass is 10.1. The molecule has 1 aromatic carbocycles. The fourth-order valence-corrected chi connectivity index (χ4v) is 2.91. The van der Waals surface area contributed by atoms with Gasteiger partial charge >= 0.3 is 0 Å². The Morgan fingerprint density at radius 2 is 2.14 bits per heavy atom. The summed E-state index contributed by atoms with van der Waals surface area (Å²) < 4.78 is 0. The third-order valence-electron chi connectivity index (χ3n) is 3.98. The second kappa shape index (κ2) is 7.34. The van der Waals surface area contributed by atoms with Crippen LogP contribution in [0.15, 0.2) is 18.2 Å². The van der Waals surface area contributed by atoms with Crippen LogP contribution in [-0.4, -0.2) is 35.3 Å². The molecular formula is C16H20Cl2N2O2. The molecule has 0 bridgehead atoms. The number of benzene rings is 1. The summed E-state index contributed by atoms with van der Waals surface area (Å²) in [6, 6.07) is 4.45. The first-order valence-electron chi connectivity index (χ1n) is 7.50. The highest BCUT2D eigenvalue weighted by Gasteiger charge is 2.35. The van der Waals surface area contributed by atoms with Crippen molar-refractivity contribution in [2.45, 2.75) is 45.2 Å².